The molecule has 1 aromatic heterocycles. The molecule has 0 radical (unpaired) electrons. The van der Waals surface area contributed by atoms with E-state index in [4.69, 9.17) is 14.5 Å². The summed E-state index contributed by atoms with van der Waals surface area (Å²) in [5, 5.41) is 0. The molecule has 0 saturated carbocycles. The smallest absolute Gasteiger partial charge is 0.139 e. The molecule has 1 fully saturated rings. The van der Waals surface area contributed by atoms with Gasteiger partial charge in [-0.3, -0.25) is 0 Å². The molecule has 2 heterocycles. The normalized spacial score (nSPS) is 17.7. The number of benzene rings is 2. The van der Waals surface area contributed by atoms with Crippen molar-refractivity contribution in [1.82, 2.24) is 9.55 Å². The Hall–Kier alpha value is -2.33. The van der Waals surface area contributed by atoms with Crippen LogP contribution in [0.4, 0.5) is 0 Å². The molecule has 118 valence electrons. The largest absolute Gasteiger partial charge is 0.492 e. The highest BCUT2D eigenvalue weighted by atomic mass is 16.5. The lowest BCUT2D eigenvalue weighted by Crippen LogP contribution is -2.13. The van der Waals surface area contributed by atoms with E-state index in [9.17, 15) is 0 Å². The Labute approximate surface area is 135 Å². The predicted molar refractivity (Wildman–Crippen MR) is 89.6 cm³/mol. The summed E-state index contributed by atoms with van der Waals surface area (Å²) in [7, 11) is 0. The van der Waals surface area contributed by atoms with Crippen LogP contribution in [0.25, 0.3) is 11.0 Å². The number of fused-ring (bicyclic) bond motifs is 1. The monoisotopic (exact) mass is 308 g/mol. The minimum atomic E-state index is 0.110. The van der Waals surface area contributed by atoms with Crippen molar-refractivity contribution in [2.45, 2.75) is 25.5 Å². The van der Waals surface area contributed by atoms with Gasteiger partial charge in [0, 0.05) is 6.61 Å². The zero-order valence-corrected chi connectivity index (χ0v) is 13.0. The van der Waals surface area contributed by atoms with E-state index in [1.54, 1.807) is 0 Å². The molecular formula is C19H20N2O2. The fourth-order valence-corrected chi connectivity index (χ4v) is 3.13. The van der Waals surface area contributed by atoms with Crippen molar-refractivity contribution in [3.8, 4) is 5.75 Å². The van der Waals surface area contributed by atoms with Crippen molar-refractivity contribution in [3.05, 3.63) is 60.4 Å². The lowest BCUT2D eigenvalue weighted by atomic mass is 10.2. The van der Waals surface area contributed by atoms with Gasteiger partial charge in [0.25, 0.3) is 0 Å². The van der Waals surface area contributed by atoms with Gasteiger partial charge in [0.1, 0.15) is 24.3 Å². The van der Waals surface area contributed by atoms with Crippen molar-refractivity contribution >= 4 is 11.0 Å². The van der Waals surface area contributed by atoms with Crippen LogP contribution in [0.3, 0.4) is 0 Å². The Morgan fingerprint density at radius 3 is 2.74 bits per heavy atom. The van der Waals surface area contributed by atoms with E-state index >= 15 is 0 Å². The van der Waals surface area contributed by atoms with E-state index in [-0.39, 0.29) is 6.10 Å². The summed E-state index contributed by atoms with van der Waals surface area (Å²) in [6.45, 7) is 2.21. The third-order valence-electron chi connectivity index (χ3n) is 4.23. The molecule has 0 bridgehead atoms. The van der Waals surface area contributed by atoms with Crippen LogP contribution in [0, 0.1) is 0 Å². The number of para-hydroxylation sites is 3. The van der Waals surface area contributed by atoms with Crippen LogP contribution in [0.15, 0.2) is 54.6 Å². The molecule has 23 heavy (non-hydrogen) atoms. The van der Waals surface area contributed by atoms with Crippen molar-refractivity contribution in [1.29, 1.82) is 0 Å². The van der Waals surface area contributed by atoms with Crippen molar-refractivity contribution in [2.24, 2.45) is 0 Å². The van der Waals surface area contributed by atoms with E-state index in [1.807, 2.05) is 36.4 Å². The van der Waals surface area contributed by atoms with E-state index < -0.39 is 0 Å². The molecule has 1 saturated heterocycles. The van der Waals surface area contributed by atoms with E-state index in [0.29, 0.717) is 6.61 Å². The van der Waals surface area contributed by atoms with Gasteiger partial charge in [-0.25, -0.2) is 4.98 Å². The van der Waals surface area contributed by atoms with Gasteiger partial charge in [0.2, 0.25) is 0 Å². The molecule has 4 heteroatoms. The minimum absolute atomic E-state index is 0.110. The summed E-state index contributed by atoms with van der Waals surface area (Å²) in [5.74, 6) is 1.93. The first-order valence-electron chi connectivity index (χ1n) is 8.16. The maximum Gasteiger partial charge on any atom is 0.139 e. The lowest BCUT2D eigenvalue weighted by Gasteiger charge is -2.14. The summed E-state index contributed by atoms with van der Waals surface area (Å²) >= 11 is 0. The number of hydrogen-bond acceptors (Lipinski definition) is 3. The summed E-state index contributed by atoms with van der Waals surface area (Å²) in [6, 6.07) is 18.2. The fraction of sp³-hybridized carbons (Fsp3) is 0.316. The molecule has 0 aliphatic carbocycles. The third-order valence-corrected chi connectivity index (χ3v) is 4.23. The molecule has 2 aromatic carbocycles. The maximum absolute atomic E-state index is 5.86. The molecule has 1 atom stereocenters. The van der Waals surface area contributed by atoms with Gasteiger partial charge in [-0.05, 0) is 37.1 Å². The number of imidazole rings is 1. The van der Waals surface area contributed by atoms with Gasteiger partial charge in [-0.15, -0.1) is 0 Å². The maximum atomic E-state index is 5.86. The van der Waals surface area contributed by atoms with Crippen LogP contribution in [0.1, 0.15) is 24.8 Å². The Balaban J connectivity index is 1.58. The first kappa shape index (κ1) is 14.3. The number of rotatable bonds is 5. The highest BCUT2D eigenvalue weighted by Crippen LogP contribution is 2.30. The van der Waals surface area contributed by atoms with E-state index in [0.717, 1.165) is 48.6 Å². The molecular weight excluding hydrogens is 288 g/mol. The van der Waals surface area contributed by atoms with Gasteiger partial charge in [-0.1, -0.05) is 30.3 Å². The topological polar surface area (TPSA) is 36.3 Å². The first-order valence-corrected chi connectivity index (χ1v) is 8.16. The predicted octanol–water partition coefficient (Wildman–Crippen LogP) is 3.97. The average molecular weight is 308 g/mol. The summed E-state index contributed by atoms with van der Waals surface area (Å²) < 4.78 is 14.0. The lowest BCUT2D eigenvalue weighted by molar-refractivity contribution is 0.101. The van der Waals surface area contributed by atoms with Crippen LogP contribution in [-0.2, 0) is 11.3 Å². The van der Waals surface area contributed by atoms with Crippen molar-refractivity contribution in [2.75, 3.05) is 13.2 Å². The number of ether oxygens (including phenoxy) is 2. The Morgan fingerprint density at radius 1 is 1.09 bits per heavy atom. The Kier molecular flexibility index (Phi) is 3.99. The van der Waals surface area contributed by atoms with Crippen molar-refractivity contribution < 1.29 is 9.47 Å². The van der Waals surface area contributed by atoms with E-state index in [1.165, 1.54) is 0 Å². The highest BCUT2D eigenvalue weighted by Gasteiger charge is 2.24. The number of hydrogen-bond donors (Lipinski definition) is 0. The molecule has 4 nitrogen and oxygen atoms in total. The second-order valence-corrected chi connectivity index (χ2v) is 5.77. The highest BCUT2D eigenvalue weighted by molar-refractivity contribution is 5.76. The van der Waals surface area contributed by atoms with Gasteiger partial charge in [0.05, 0.1) is 17.6 Å². The molecule has 1 aliphatic heterocycles. The average Bonchev–Trinajstić information content (AvgIpc) is 3.24. The van der Waals surface area contributed by atoms with Crippen LogP contribution in [0.2, 0.25) is 0 Å². The number of aromatic nitrogens is 2. The molecule has 0 amide bonds. The molecule has 3 aromatic rings. The molecule has 1 aliphatic rings. The zero-order valence-electron chi connectivity index (χ0n) is 13.0. The second-order valence-electron chi connectivity index (χ2n) is 5.77. The van der Waals surface area contributed by atoms with Crippen LogP contribution < -0.4 is 4.74 Å². The molecule has 0 spiro atoms. The summed E-state index contributed by atoms with van der Waals surface area (Å²) in [4.78, 5) is 4.80. The first-order chi connectivity index (χ1) is 11.4. The Morgan fingerprint density at radius 2 is 1.91 bits per heavy atom. The third kappa shape index (κ3) is 2.94. The fourth-order valence-electron chi connectivity index (χ4n) is 3.13. The SMILES string of the molecule is c1ccc(OCCn2c([C@@H]3CCCO3)nc3ccccc32)cc1. The van der Waals surface area contributed by atoms with Crippen LogP contribution >= 0.6 is 0 Å². The summed E-state index contributed by atoms with van der Waals surface area (Å²) in [6.07, 6.45) is 2.26. The standard InChI is InChI=1S/C19H20N2O2/c1-2-7-15(8-3-1)22-14-12-21-17-10-5-4-9-16(17)20-19(21)18-11-6-13-23-18/h1-5,7-10,18H,6,11-14H2/t18-/m0/s1. The van der Waals surface area contributed by atoms with Gasteiger partial charge >= 0.3 is 0 Å². The van der Waals surface area contributed by atoms with Gasteiger partial charge in [-0.2, -0.15) is 0 Å². The van der Waals surface area contributed by atoms with Gasteiger partial charge < -0.3 is 14.0 Å². The second kappa shape index (κ2) is 6.42. The number of nitrogens with zero attached hydrogens (tertiary/aromatic N) is 2. The summed E-state index contributed by atoms with van der Waals surface area (Å²) in [5.41, 5.74) is 2.17. The van der Waals surface area contributed by atoms with Crippen molar-refractivity contribution in [3.63, 3.8) is 0 Å². The van der Waals surface area contributed by atoms with Crippen LogP contribution in [0.5, 0.6) is 5.75 Å². The quantitative estimate of drug-likeness (QED) is 0.715. The molecule has 4 rings (SSSR count). The minimum Gasteiger partial charge on any atom is -0.492 e. The van der Waals surface area contributed by atoms with Crippen LogP contribution in [-0.4, -0.2) is 22.8 Å². The molecule has 0 unspecified atom stereocenters. The Bertz CT molecular complexity index is 776. The molecule has 0 N–H and O–H groups in total. The van der Waals surface area contributed by atoms with Gasteiger partial charge in [0.15, 0.2) is 0 Å². The zero-order chi connectivity index (χ0) is 15.5. The van der Waals surface area contributed by atoms with E-state index in [2.05, 4.69) is 22.8 Å².